The zero-order chi connectivity index (χ0) is 18.9. The van der Waals surface area contributed by atoms with Crippen LogP contribution >= 0.6 is 11.8 Å². The fourth-order valence-electron chi connectivity index (χ4n) is 2.84. The van der Waals surface area contributed by atoms with Gasteiger partial charge in [0.05, 0.1) is 0 Å². The summed E-state index contributed by atoms with van der Waals surface area (Å²) in [7, 11) is 0. The van der Waals surface area contributed by atoms with Gasteiger partial charge in [-0.15, -0.1) is 0 Å². The second-order valence-corrected chi connectivity index (χ2v) is 7.78. The van der Waals surface area contributed by atoms with Gasteiger partial charge < -0.3 is 10.1 Å². The van der Waals surface area contributed by atoms with Gasteiger partial charge in [0.2, 0.25) is 0 Å². The lowest BCUT2D eigenvalue weighted by molar-refractivity contribution is -0.127. The lowest BCUT2D eigenvalue weighted by atomic mass is 10.1. The van der Waals surface area contributed by atoms with Crippen LogP contribution in [0, 0.1) is 20.8 Å². The van der Waals surface area contributed by atoms with Gasteiger partial charge >= 0.3 is 0 Å². The topological polar surface area (TPSA) is 38.3 Å². The maximum absolute atomic E-state index is 12.4. The summed E-state index contributed by atoms with van der Waals surface area (Å²) in [6.07, 6.45) is 0.202. The van der Waals surface area contributed by atoms with Crippen molar-refractivity contribution in [2.24, 2.45) is 0 Å². The van der Waals surface area contributed by atoms with E-state index in [1.165, 1.54) is 11.1 Å². The summed E-state index contributed by atoms with van der Waals surface area (Å²) in [6.45, 7) is 8.80. The van der Waals surface area contributed by atoms with E-state index in [0.717, 1.165) is 28.4 Å². The summed E-state index contributed by atoms with van der Waals surface area (Å²) in [6, 6.07) is 14.6. The SMILES string of the molecule is CC[C@H](Oc1cc(C)cc(C)c1)C(=O)NCCSCc1cccc(C)c1. The lowest BCUT2D eigenvalue weighted by Gasteiger charge is -2.18. The third kappa shape index (κ3) is 6.75. The maximum Gasteiger partial charge on any atom is 0.261 e. The highest BCUT2D eigenvalue weighted by atomic mass is 32.2. The predicted molar refractivity (Wildman–Crippen MR) is 111 cm³/mol. The fourth-order valence-corrected chi connectivity index (χ4v) is 3.65. The van der Waals surface area contributed by atoms with Crippen LogP contribution < -0.4 is 10.1 Å². The van der Waals surface area contributed by atoms with Gasteiger partial charge in [0, 0.05) is 18.1 Å². The first-order chi connectivity index (χ1) is 12.5. The molecular formula is C22H29NO2S. The Hall–Kier alpha value is -1.94. The van der Waals surface area contributed by atoms with E-state index >= 15 is 0 Å². The summed E-state index contributed by atoms with van der Waals surface area (Å²) < 4.78 is 5.91. The third-order valence-electron chi connectivity index (χ3n) is 4.03. The van der Waals surface area contributed by atoms with Crippen molar-refractivity contribution in [3.05, 3.63) is 64.7 Å². The van der Waals surface area contributed by atoms with Crippen molar-refractivity contribution in [1.29, 1.82) is 0 Å². The van der Waals surface area contributed by atoms with Crippen LogP contribution in [0.3, 0.4) is 0 Å². The summed E-state index contributed by atoms with van der Waals surface area (Å²) in [5.74, 6) is 2.58. The number of benzene rings is 2. The molecule has 0 heterocycles. The van der Waals surface area contributed by atoms with Crippen LogP contribution in [0.5, 0.6) is 5.75 Å². The quantitative estimate of drug-likeness (QED) is 0.642. The Labute approximate surface area is 161 Å². The van der Waals surface area contributed by atoms with E-state index in [1.807, 2.05) is 44.7 Å². The molecule has 0 aliphatic carbocycles. The molecule has 0 spiro atoms. The van der Waals surface area contributed by atoms with Crippen LogP contribution in [0.2, 0.25) is 0 Å². The highest BCUT2D eigenvalue weighted by molar-refractivity contribution is 7.98. The van der Waals surface area contributed by atoms with Crippen molar-refractivity contribution < 1.29 is 9.53 Å². The molecule has 0 aliphatic rings. The standard InChI is InChI=1S/C22H29NO2S/c1-5-21(25-20-13-17(3)11-18(4)14-20)22(24)23-9-10-26-15-19-8-6-7-16(2)12-19/h6-8,11-14,21H,5,9-10,15H2,1-4H3,(H,23,24)/t21-/m0/s1. The summed E-state index contributed by atoms with van der Waals surface area (Å²) >= 11 is 1.83. The monoisotopic (exact) mass is 371 g/mol. The van der Waals surface area contributed by atoms with Crippen molar-refractivity contribution in [3.63, 3.8) is 0 Å². The van der Waals surface area contributed by atoms with E-state index in [4.69, 9.17) is 4.74 Å². The number of amides is 1. The van der Waals surface area contributed by atoms with Crippen molar-refractivity contribution in [1.82, 2.24) is 5.32 Å². The number of rotatable bonds is 9. The second kappa shape index (κ2) is 10.3. The van der Waals surface area contributed by atoms with Crippen molar-refractivity contribution in [2.75, 3.05) is 12.3 Å². The zero-order valence-corrected chi connectivity index (χ0v) is 17.0. The van der Waals surface area contributed by atoms with Crippen LogP contribution in [-0.4, -0.2) is 24.3 Å². The molecule has 0 bridgehead atoms. The summed E-state index contributed by atoms with van der Waals surface area (Å²) in [4.78, 5) is 12.4. The number of aryl methyl sites for hydroxylation is 3. The Kier molecular flexibility index (Phi) is 8.05. The minimum atomic E-state index is -0.446. The molecule has 140 valence electrons. The number of nitrogens with one attached hydrogen (secondary N) is 1. The maximum atomic E-state index is 12.4. The number of hydrogen-bond acceptors (Lipinski definition) is 3. The van der Waals surface area contributed by atoms with Gasteiger partial charge in [-0.3, -0.25) is 4.79 Å². The molecule has 2 aromatic carbocycles. The molecule has 4 heteroatoms. The summed E-state index contributed by atoms with van der Waals surface area (Å²) in [5.41, 5.74) is 4.89. The molecule has 0 saturated carbocycles. The molecule has 0 saturated heterocycles. The van der Waals surface area contributed by atoms with Gasteiger partial charge in [-0.05, 0) is 56.0 Å². The van der Waals surface area contributed by atoms with Gasteiger partial charge in [-0.2, -0.15) is 11.8 Å². The van der Waals surface area contributed by atoms with Crippen LogP contribution in [0.4, 0.5) is 0 Å². The number of carbonyl (C=O) groups is 1. The first-order valence-corrected chi connectivity index (χ1v) is 10.3. The molecule has 2 rings (SSSR count). The minimum absolute atomic E-state index is 0.0391. The van der Waals surface area contributed by atoms with Crippen molar-refractivity contribution in [2.45, 2.75) is 46.0 Å². The Morgan fingerprint density at radius 2 is 1.81 bits per heavy atom. The van der Waals surface area contributed by atoms with E-state index < -0.39 is 6.10 Å². The number of carbonyl (C=O) groups excluding carboxylic acids is 1. The minimum Gasteiger partial charge on any atom is -0.481 e. The molecule has 1 atom stereocenters. The molecule has 0 aliphatic heterocycles. The van der Waals surface area contributed by atoms with E-state index in [-0.39, 0.29) is 5.91 Å². The molecule has 2 aromatic rings. The van der Waals surface area contributed by atoms with E-state index in [1.54, 1.807) is 0 Å². The first-order valence-electron chi connectivity index (χ1n) is 9.14. The first kappa shape index (κ1) is 20.4. The van der Waals surface area contributed by atoms with Crippen LogP contribution in [-0.2, 0) is 10.5 Å². The Morgan fingerprint density at radius 1 is 1.08 bits per heavy atom. The summed E-state index contributed by atoms with van der Waals surface area (Å²) in [5, 5.41) is 3.00. The van der Waals surface area contributed by atoms with Crippen molar-refractivity contribution in [3.8, 4) is 5.75 Å². The van der Waals surface area contributed by atoms with Gasteiger partial charge in [0.1, 0.15) is 5.75 Å². The van der Waals surface area contributed by atoms with E-state index in [9.17, 15) is 4.79 Å². The molecule has 1 amide bonds. The molecule has 0 aromatic heterocycles. The molecule has 0 unspecified atom stereocenters. The Morgan fingerprint density at radius 3 is 2.46 bits per heavy atom. The second-order valence-electron chi connectivity index (χ2n) is 6.67. The average molecular weight is 372 g/mol. The molecule has 26 heavy (non-hydrogen) atoms. The largest absolute Gasteiger partial charge is 0.481 e. The van der Waals surface area contributed by atoms with E-state index in [0.29, 0.717) is 13.0 Å². The van der Waals surface area contributed by atoms with Gasteiger partial charge in [0.25, 0.3) is 5.91 Å². The Balaban J connectivity index is 1.74. The molecule has 1 N–H and O–H groups in total. The van der Waals surface area contributed by atoms with Crippen LogP contribution in [0.15, 0.2) is 42.5 Å². The highest BCUT2D eigenvalue weighted by Crippen LogP contribution is 2.18. The smallest absolute Gasteiger partial charge is 0.261 e. The van der Waals surface area contributed by atoms with Gasteiger partial charge in [-0.1, -0.05) is 42.8 Å². The highest BCUT2D eigenvalue weighted by Gasteiger charge is 2.18. The van der Waals surface area contributed by atoms with E-state index in [2.05, 4.69) is 42.6 Å². The number of thioether (sulfide) groups is 1. The molecule has 0 radical (unpaired) electrons. The predicted octanol–water partition coefficient (Wildman–Crippen LogP) is 4.82. The van der Waals surface area contributed by atoms with Gasteiger partial charge in [0.15, 0.2) is 6.10 Å². The lowest BCUT2D eigenvalue weighted by Crippen LogP contribution is -2.39. The van der Waals surface area contributed by atoms with Crippen LogP contribution in [0.25, 0.3) is 0 Å². The molecule has 0 fully saturated rings. The molecular weight excluding hydrogens is 342 g/mol. The number of hydrogen-bond donors (Lipinski definition) is 1. The Bertz CT molecular complexity index is 710. The molecule has 3 nitrogen and oxygen atoms in total. The zero-order valence-electron chi connectivity index (χ0n) is 16.2. The normalized spacial score (nSPS) is 11.8. The van der Waals surface area contributed by atoms with Gasteiger partial charge in [-0.25, -0.2) is 0 Å². The fraction of sp³-hybridized carbons (Fsp3) is 0.409. The third-order valence-corrected chi connectivity index (χ3v) is 5.06. The van der Waals surface area contributed by atoms with Crippen LogP contribution in [0.1, 0.15) is 35.6 Å². The van der Waals surface area contributed by atoms with Crippen molar-refractivity contribution >= 4 is 17.7 Å². The number of ether oxygens (including phenoxy) is 1. The average Bonchev–Trinajstić information content (AvgIpc) is 2.58.